The number of hydrogen-bond donors (Lipinski definition) is 2. The molecule has 0 spiro atoms. The molecule has 0 saturated carbocycles. The van der Waals surface area contributed by atoms with Crippen LogP contribution in [0.25, 0.3) is 0 Å². The molecule has 0 aromatic heterocycles. The Hall–Kier alpha value is -2.13. The standard InChI is InChI=1S/C25H35N5O.HI/c1-20(22-13-8-5-9-14-22)28-25(27-18-24(31)29(2)3)26-17-23-15-10-16-30(23)19-21-11-6-4-7-12-21;/h4-9,11-14,20,23H,10,15-19H2,1-3H3,(H2,26,27,28);1H. The molecule has 7 heteroatoms. The van der Waals surface area contributed by atoms with Gasteiger partial charge in [0.15, 0.2) is 5.96 Å². The van der Waals surface area contributed by atoms with Gasteiger partial charge in [-0.3, -0.25) is 9.69 Å². The van der Waals surface area contributed by atoms with E-state index in [0.29, 0.717) is 12.0 Å². The topological polar surface area (TPSA) is 60.0 Å². The van der Waals surface area contributed by atoms with Gasteiger partial charge in [0, 0.05) is 33.2 Å². The zero-order valence-corrected chi connectivity index (χ0v) is 21.7. The van der Waals surface area contributed by atoms with Crippen molar-refractivity contribution < 1.29 is 4.79 Å². The highest BCUT2D eigenvalue weighted by atomic mass is 127. The van der Waals surface area contributed by atoms with Crippen molar-refractivity contribution in [1.82, 2.24) is 20.4 Å². The van der Waals surface area contributed by atoms with Crippen LogP contribution in [0.1, 0.15) is 36.9 Å². The van der Waals surface area contributed by atoms with Gasteiger partial charge in [0.1, 0.15) is 6.54 Å². The SMILES string of the molecule is CC(NC(=NCC(=O)N(C)C)NCC1CCCN1Cc1ccccc1)c1ccccc1.I. The lowest BCUT2D eigenvalue weighted by molar-refractivity contribution is -0.127. The summed E-state index contributed by atoms with van der Waals surface area (Å²) in [6, 6.07) is 21.4. The van der Waals surface area contributed by atoms with Crippen molar-refractivity contribution >= 4 is 35.8 Å². The fourth-order valence-corrected chi connectivity index (χ4v) is 3.84. The normalized spacial score (nSPS) is 17.3. The third-order valence-electron chi connectivity index (χ3n) is 5.76. The molecular weight excluding hydrogens is 513 g/mol. The number of hydrogen-bond acceptors (Lipinski definition) is 3. The highest BCUT2D eigenvalue weighted by Crippen LogP contribution is 2.19. The van der Waals surface area contributed by atoms with Crippen molar-refractivity contribution in [2.24, 2.45) is 4.99 Å². The summed E-state index contributed by atoms with van der Waals surface area (Å²) in [6.45, 7) is 5.11. The quantitative estimate of drug-likeness (QED) is 0.300. The third kappa shape index (κ3) is 8.09. The number of aliphatic imine (C=N–C) groups is 1. The van der Waals surface area contributed by atoms with Gasteiger partial charge in [-0.15, -0.1) is 24.0 Å². The van der Waals surface area contributed by atoms with E-state index in [9.17, 15) is 4.79 Å². The largest absolute Gasteiger partial charge is 0.355 e. The van der Waals surface area contributed by atoms with Crippen LogP contribution in [-0.4, -0.2) is 61.4 Å². The van der Waals surface area contributed by atoms with Crippen molar-refractivity contribution in [1.29, 1.82) is 0 Å². The number of halogens is 1. The minimum atomic E-state index is -0.0139. The monoisotopic (exact) mass is 549 g/mol. The molecule has 174 valence electrons. The molecule has 32 heavy (non-hydrogen) atoms. The number of nitrogens with one attached hydrogen (secondary N) is 2. The number of benzene rings is 2. The van der Waals surface area contributed by atoms with Crippen molar-refractivity contribution in [3.8, 4) is 0 Å². The summed E-state index contributed by atoms with van der Waals surface area (Å²) in [5.74, 6) is 0.665. The lowest BCUT2D eigenvalue weighted by Gasteiger charge is -2.26. The first-order chi connectivity index (χ1) is 15.0. The molecule has 0 radical (unpaired) electrons. The van der Waals surface area contributed by atoms with Crippen LogP contribution in [-0.2, 0) is 11.3 Å². The van der Waals surface area contributed by atoms with Gasteiger partial charge in [-0.1, -0.05) is 60.7 Å². The average molecular weight is 550 g/mol. The van der Waals surface area contributed by atoms with E-state index in [-0.39, 0.29) is 42.5 Å². The van der Waals surface area contributed by atoms with Gasteiger partial charge in [0.05, 0.1) is 6.04 Å². The third-order valence-corrected chi connectivity index (χ3v) is 5.76. The molecule has 0 bridgehead atoms. The zero-order chi connectivity index (χ0) is 22.1. The molecule has 2 unspecified atom stereocenters. The summed E-state index contributed by atoms with van der Waals surface area (Å²) in [7, 11) is 3.51. The van der Waals surface area contributed by atoms with Crippen LogP contribution < -0.4 is 10.6 Å². The first kappa shape index (κ1) is 26.1. The van der Waals surface area contributed by atoms with Crippen LogP contribution in [0.5, 0.6) is 0 Å². The minimum Gasteiger partial charge on any atom is -0.355 e. The van der Waals surface area contributed by atoms with E-state index in [1.165, 1.54) is 17.5 Å². The van der Waals surface area contributed by atoms with Crippen molar-refractivity contribution in [3.05, 3.63) is 71.8 Å². The van der Waals surface area contributed by atoms with Crippen LogP contribution >= 0.6 is 24.0 Å². The smallest absolute Gasteiger partial charge is 0.243 e. The Labute approximate surface area is 209 Å². The molecule has 1 amide bonds. The first-order valence-corrected chi connectivity index (χ1v) is 11.1. The molecule has 2 aromatic rings. The number of likely N-dealkylation sites (tertiary alicyclic amines) is 1. The molecule has 2 aromatic carbocycles. The van der Waals surface area contributed by atoms with Crippen LogP contribution in [0.2, 0.25) is 0 Å². The number of likely N-dealkylation sites (N-methyl/N-ethyl adjacent to an activating group) is 1. The summed E-state index contributed by atoms with van der Waals surface area (Å²) in [5, 5.41) is 6.96. The predicted octanol–water partition coefficient (Wildman–Crippen LogP) is 3.65. The fraction of sp³-hybridized carbons (Fsp3) is 0.440. The van der Waals surface area contributed by atoms with E-state index in [0.717, 1.165) is 26.1 Å². The summed E-state index contributed by atoms with van der Waals surface area (Å²) in [6.07, 6.45) is 2.37. The average Bonchev–Trinajstić information content (AvgIpc) is 3.23. The number of guanidine groups is 1. The second-order valence-electron chi connectivity index (χ2n) is 8.36. The maximum atomic E-state index is 12.1. The maximum absolute atomic E-state index is 12.1. The maximum Gasteiger partial charge on any atom is 0.243 e. The van der Waals surface area contributed by atoms with Gasteiger partial charge in [-0.25, -0.2) is 4.99 Å². The Bertz CT molecular complexity index is 844. The van der Waals surface area contributed by atoms with Gasteiger partial charge >= 0.3 is 0 Å². The van der Waals surface area contributed by atoms with Gasteiger partial charge in [0.25, 0.3) is 0 Å². The molecule has 1 saturated heterocycles. The van der Waals surface area contributed by atoms with Gasteiger partial charge in [-0.2, -0.15) is 0 Å². The van der Waals surface area contributed by atoms with Crippen molar-refractivity contribution in [2.45, 2.75) is 38.4 Å². The van der Waals surface area contributed by atoms with Crippen molar-refractivity contribution in [2.75, 3.05) is 33.7 Å². The highest BCUT2D eigenvalue weighted by Gasteiger charge is 2.24. The molecule has 6 nitrogen and oxygen atoms in total. The fourth-order valence-electron chi connectivity index (χ4n) is 3.84. The van der Waals surface area contributed by atoms with E-state index in [1.807, 2.05) is 18.2 Å². The Balaban J connectivity index is 0.00000363. The molecular formula is C25H36IN5O. The number of carbonyl (C=O) groups excluding carboxylic acids is 1. The predicted molar refractivity (Wildman–Crippen MR) is 142 cm³/mol. The van der Waals surface area contributed by atoms with Crippen LogP contribution in [0, 0.1) is 0 Å². The summed E-state index contributed by atoms with van der Waals surface area (Å²) in [5.41, 5.74) is 2.53. The molecule has 2 N–H and O–H groups in total. The zero-order valence-electron chi connectivity index (χ0n) is 19.3. The van der Waals surface area contributed by atoms with Gasteiger partial charge in [-0.05, 0) is 37.4 Å². The Morgan fingerprint density at radius 3 is 2.44 bits per heavy atom. The van der Waals surface area contributed by atoms with E-state index in [1.54, 1.807) is 19.0 Å². The van der Waals surface area contributed by atoms with Crippen LogP contribution in [0.15, 0.2) is 65.7 Å². The number of amides is 1. The molecule has 2 atom stereocenters. The second kappa shape index (κ2) is 13.4. The lowest BCUT2D eigenvalue weighted by Crippen LogP contribution is -2.45. The molecule has 1 aliphatic rings. The summed E-state index contributed by atoms with van der Waals surface area (Å²) in [4.78, 5) is 20.7. The Morgan fingerprint density at radius 2 is 1.78 bits per heavy atom. The lowest BCUT2D eigenvalue weighted by atomic mass is 10.1. The number of nitrogens with zero attached hydrogens (tertiary/aromatic N) is 3. The van der Waals surface area contributed by atoms with E-state index in [2.05, 4.69) is 69.9 Å². The summed E-state index contributed by atoms with van der Waals surface area (Å²) >= 11 is 0. The minimum absolute atomic E-state index is 0. The Morgan fingerprint density at radius 1 is 1.12 bits per heavy atom. The molecule has 1 heterocycles. The van der Waals surface area contributed by atoms with Crippen molar-refractivity contribution in [3.63, 3.8) is 0 Å². The highest BCUT2D eigenvalue weighted by molar-refractivity contribution is 14.0. The van der Waals surface area contributed by atoms with Gasteiger partial charge < -0.3 is 15.5 Å². The van der Waals surface area contributed by atoms with Gasteiger partial charge in [0.2, 0.25) is 5.91 Å². The first-order valence-electron chi connectivity index (χ1n) is 11.1. The molecule has 3 rings (SSSR count). The Kier molecular flexibility index (Phi) is 11.0. The molecule has 1 aliphatic heterocycles. The second-order valence-corrected chi connectivity index (χ2v) is 8.36. The number of carbonyl (C=O) groups is 1. The van der Waals surface area contributed by atoms with E-state index in [4.69, 9.17) is 0 Å². The van der Waals surface area contributed by atoms with Crippen LogP contribution in [0.3, 0.4) is 0 Å². The summed E-state index contributed by atoms with van der Waals surface area (Å²) < 4.78 is 0. The number of rotatable bonds is 8. The van der Waals surface area contributed by atoms with Crippen LogP contribution in [0.4, 0.5) is 0 Å². The molecule has 1 fully saturated rings. The van der Waals surface area contributed by atoms with E-state index >= 15 is 0 Å². The van der Waals surface area contributed by atoms with E-state index < -0.39 is 0 Å². The molecule has 0 aliphatic carbocycles.